The third-order valence-electron chi connectivity index (χ3n) is 25.4. The molecule has 0 saturated heterocycles. The third-order valence-corrected chi connectivity index (χ3v) is 25.4. The van der Waals surface area contributed by atoms with Gasteiger partial charge in [-0.3, -0.25) is 19.4 Å². The van der Waals surface area contributed by atoms with E-state index in [0.717, 1.165) is 159 Å². The van der Waals surface area contributed by atoms with Crippen molar-refractivity contribution in [1.82, 2.24) is 14.7 Å². The van der Waals surface area contributed by atoms with E-state index in [1.807, 2.05) is 89.2 Å². The largest absolute Gasteiger partial charge is 0.462 e. The average molecular weight is 1830 g/mol. The van der Waals surface area contributed by atoms with Crippen molar-refractivity contribution in [1.29, 1.82) is 0 Å². The van der Waals surface area contributed by atoms with Crippen molar-refractivity contribution in [3.63, 3.8) is 0 Å². The third kappa shape index (κ3) is 34.1. The lowest BCUT2D eigenvalue weighted by Crippen LogP contribution is -2.46. The van der Waals surface area contributed by atoms with E-state index in [9.17, 15) is 73.5 Å². The van der Waals surface area contributed by atoms with E-state index in [0.29, 0.717) is 51.9 Å². The van der Waals surface area contributed by atoms with Crippen LogP contribution >= 0.6 is 0 Å². The fourth-order valence-electron chi connectivity index (χ4n) is 17.1. The summed E-state index contributed by atoms with van der Waals surface area (Å²) in [6.07, 6.45) is 17.5. The first-order valence-corrected chi connectivity index (χ1v) is 46.7. The molecule has 0 aromatic heterocycles. The summed E-state index contributed by atoms with van der Waals surface area (Å²) in [7, 11) is 15.4. The number of aliphatic hydroxyl groups is 5. The first kappa shape index (κ1) is 110. The van der Waals surface area contributed by atoms with Gasteiger partial charge < -0.3 is 86.8 Å². The van der Waals surface area contributed by atoms with Crippen LogP contribution in [0.2, 0.25) is 0 Å². The Labute approximate surface area is 775 Å². The van der Waals surface area contributed by atoms with E-state index in [1.165, 1.54) is 0 Å². The standard InChI is InChI=1S/C22H34NO5.C21H31NO5.C20H30NO5.2C19H27NO5/c1-4-23(3,5-2)15-16-27-20(24)17-28-21(25)22(26,19-13-9-10-14-19)18-11-7-6-8-12-18;1-3-22(4-2)16-19(23)26-14-15-27-20(24)21(25,18-12-8-9-13-18)17-10-6-5-7-11-17;1-21(2,3)13-14-25-18(22)15-26-19(23)20(24,17-11-7-8-12-17)16-9-5-4-6-10-16;1-20(2)14-17(21)24-12-13-25-18(22)19(23,16-10-6-7-11-16)15-8-4-3-5-9-15;1-20(2)12-13-24-17(21)14-25-18(22)19(23,16-10-6-7-11-16)15-8-4-3-5-9-15/h6-8,11-12,19,26H,4-5,9-10,13-17H2,1-3H3;5-7,10-11,18,25H,3-4,8-9,12-16H2,1-2H3;4-6,9-10,17,24H,7-8,11-15H2,1-3H3;2*3-5,8-9,16,23H,6-7,10-14H2,1-2H3/q+1;;+1;;. The van der Waals surface area contributed by atoms with Gasteiger partial charge in [0.15, 0.2) is 47.8 Å². The van der Waals surface area contributed by atoms with E-state index in [1.54, 1.807) is 140 Å². The number of carbonyl (C=O) groups excluding carboxylic acids is 10. The topological polar surface area (TPSA) is 374 Å². The first-order valence-electron chi connectivity index (χ1n) is 46.7. The van der Waals surface area contributed by atoms with E-state index in [-0.39, 0.29) is 101 Å². The van der Waals surface area contributed by atoms with E-state index in [4.69, 9.17) is 47.4 Å². The number of carbonyl (C=O) groups is 10. The summed E-state index contributed by atoms with van der Waals surface area (Å²) in [5, 5.41) is 56.1. The molecule has 0 amide bonds. The van der Waals surface area contributed by atoms with Crippen LogP contribution in [-0.2, 0) is 123 Å². The number of likely N-dealkylation sites (N-methyl/N-ethyl adjacent to an activating group) is 5. The summed E-state index contributed by atoms with van der Waals surface area (Å²) in [6, 6.07) is 44.4. The van der Waals surface area contributed by atoms with Gasteiger partial charge in [-0.05, 0) is 147 Å². The average Bonchev–Trinajstić information content (AvgIpc) is 1.21. The molecule has 30 nitrogen and oxygen atoms in total. The molecule has 0 radical (unpaired) electrons. The number of ether oxygens (including phenoxy) is 10. The Kier molecular flexibility index (Phi) is 46.9. The fourth-order valence-corrected chi connectivity index (χ4v) is 17.1. The van der Waals surface area contributed by atoms with Crippen molar-refractivity contribution in [2.45, 2.75) is 184 Å². The number of rotatable bonds is 44. The van der Waals surface area contributed by atoms with Gasteiger partial charge in [0.2, 0.25) is 0 Å². The highest BCUT2D eigenvalue weighted by Gasteiger charge is 2.53. The number of hydrogen-bond acceptors (Lipinski definition) is 28. The van der Waals surface area contributed by atoms with Crippen molar-refractivity contribution < 1.29 is 130 Å². The molecule has 5 N–H and O–H groups in total. The molecule has 5 aromatic carbocycles. The molecule has 10 rings (SSSR count). The maximum atomic E-state index is 12.8. The summed E-state index contributed by atoms with van der Waals surface area (Å²) in [5.41, 5.74) is -5.83. The second-order valence-electron chi connectivity index (χ2n) is 36.2. The van der Waals surface area contributed by atoms with Crippen molar-refractivity contribution in [2.24, 2.45) is 29.6 Å². The number of hydrogen-bond donors (Lipinski definition) is 5. The van der Waals surface area contributed by atoms with Gasteiger partial charge in [-0.25, -0.2) is 38.4 Å². The van der Waals surface area contributed by atoms with Crippen LogP contribution < -0.4 is 0 Å². The Balaban J connectivity index is 0.000000252. The predicted molar refractivity (Wildman–Crippen MR) is 491 cm³/mol. The minimum atomic E-state index is -1.72. The lowest BCUT2D eigenvalue weighted by molar-refractivity contribution is -0.906. The van der Waals surface area contributed by atoms with Gasteiger partial charge in [-0.2, -0.15) is 0 Å². The lowest BCUT2D eigenvalue weighted by Gasteiger charge is -2.32. The van der Waals surface area contributed by atoms with Crippen LogP contribution in [0.5, 0.6) is 0 Å². The van der Waals surface area contributed by atoms with Gasteiger partial charge in [0, 0.05) is 36.1 Å². The molecule has 0 heterocycles. The molecule has 0 spiro atoms. The Morgan fingerprint density at radius 3 is 0.763 bits per heavy atom. The van der Waals surface area contributed by atoms with Crippen LogP contribution in [-0.4, -0.2) is 290 Å². The smallest absolute Gasteiger partial charge is 0.344 e. The summed E-state index contributed by atoms with van der Waals surface area (Å²) < 4.78 is 53.0. The van der Waals surface area contributed by atoms with Crippen LogP contribution in [0.4, 0.5) is 0 Å². The molecule has 5 aliphatic rings. The lowest BCUT2D eigenvalue weighted by atomic mass is 9.80. The zero-order valence-electron chi connectivity index (χ0n) is 79.5. The molecule has 5 fully saturated rings. The highest BCUT2D eigenvalue weighted by atomic mass is 16.6. The summed E-state index contributed by atoms with van der Waals surface area (Å²) in [4.78, 5) is 128. The number of quaternary nitrogens is 2. The molecular weight excluding hydrogens is 1680 g/mol. The fraction of sp³-hybridized carbons (Fsp3) is 0.604. The van der Waals surface area contributed by atoms with Crippen LogP contribution in [0.1, 0.15) is 184 Å². The zero-order valence-corrected chi connectivity index (χ0v) is 79.5. The molecule has 0 bridgehead atoms. The van der Waals surface area contributed by atoms with Gasteiger partial charge in [0.1, 0.15) is 59.3 Å². The normalized spacial score (nSPS) is 17.2. The van der Waals surface area contributed by atoms with E-state index < -0.39 is 95.6 Å². The highest BCUT2D eigenvalue weighted by Crippen LogP contribution is 2.47. The van der Waals surface area contributed by atoms with Crippen molar-refractivity contribution >= 4 is 59.7 Å². The molecule has 726 valence electrons. The summed E-state index contributed by atoms with van der Waals surface area (Å²) in [5.74, 6) is -7.12. The second kappa shape index (κ2) is 55.8. The van der Waals surface area contributed by atoms with Gasteiger partial charge in [-0.15, -0.1) is 0 Å². The maximum Gasteiger partial charge on any atom is 0.344 e. The molecule has 5 aliphatic carbocycles. The first-order chi connectivity index (χ1) is 62.5. The molecule has 5 atom stereocenters. The molecule has 0 aliphatic heterocycles. The SMILES string of the molecule is CCN(CC)CC(=O)OCCOC(=O)C(O)(c1ccccc1)C1CCCC1.CC[N+](C)(CC)CCOC(=O)COC(=O)C(O)(c1ccccc1)C1CCCC1.CN(C)CC(=O)OCCOC(=O)C(O)(c1ccccc1)C1CCCC1.CN(C)CCOC(=O)COC(=O)C(O)(c1ccccc1)C1CCCC1.C[N+](C)(C)CCOC(=O)COC(=O)C(O)(c1ccccc1)C1CCCC1. The van der Waals surface area contributed by atoms with Crippen molar-refractivity contribution in [2.75, 3.05) is 181 Å². The second-order valence-corrected chi connectivity index (χ2v) is 36.2. The Morgan fingerprint density at radius 2 is 0.527 bits per heavy atom. The number of benzene rings is 5. The monoisotopic (exact) mass is 1830 g/mol. The van der Waals surface area contributed by atoms with Crippen molar-refractivity contribution in [3.8, 4) is 0 Å². The number of nitrogens with zero attached hydrogens (tertiary/aromatic N) is 5. The van der Waals surface area contributed by atoms with Crippen LogP contribution in [0.25, 0.3) is 0 Å². The Morgan fingerprint density at radius 1 is 0.298 bits per heavy atom. The van der Waals surface area contributed by atoms with Gasteiger partial charge in [-0.1, -0.05) is 230 Å². The highest BCUT2D eigenvalue weighted by molar-refractivity contribution is 5.87. The minimum absolute atomic E-state index is 0.0125. The van der Waals surface area contributed by atoms with Crippen LogP contribution in [0.15, 0.2) is 152 Å². The predicted octanol–water partition coefficient (Wildman–Crippen LogP) is 10.4. The Bertz CT molecular complexity index is 4220. The quantitative estimate of drug-likeness (QED) is 0.0105. The minimum Gasteiger partial charge on any atom is -0.462 e. The van der Waals surface area contributed by atoms with E-state index in [2.05, 4.69) is 20.9 Å². The zero-order chi connectivity index (χ0) is 96.1. The molecule has 30 heteroatoms. The van der Waals surface area contributed by atoms with Gasteiger partial charge in [0.05, 0.1) is 54.4 Å². The maximum absolute atomic E-state index is 12.8. The molecule has 5 saturated carbocycles. The van der Waals surface area contributed by atoms with Crippen molar-refractivity contribution in [3.05, 3.63) is 179 Å². The molecular formula is C101H149N5O25+2. The Hall–Kier alpha value is -9.60. The van der Waals surface area contributed by atoms with Gasteiger partial charge >= 0.3 is 59.7 Å². The molecule has 5 unspecified atom stereocenters. The summed E-state index contributed by atoms with van der Waals surface area (Å²) >= 11 is 0. The molecule has 131 heavy (non-hydrogen) atoms. The van der Waals surface area contributed by atoms with Crippen LogP contribution in [0.3, 0.4) is 0 Å². The van der Waals surface area contributed by atoms with E-state index >= 15 is 0 Å². The number of esters is 10. The van der Waals surface area contributed by atoms with Crippen LogP contribution in [0, 0.1) is 29.6 Å². The summed E-state index contributed by atoms with van der Waals surface area (Å²) in [6.45, 7) is 13.1. The molecule has 5 aromatic rings. The van der Waals surface area contributed by atoms with Gasteiger partial charge in [0.25, 0.3) is 0 Å².